The molecule has 1 heterocycles. The van der Waals surface area contributed by atoms with Gasteiger partial charge in [0.05, 0.1) is 6.10 Å². The second-order valence-corrected chi connectivity index (χ2v) is 4.24. The van der Waals surface area contributed by atoms with E-state index in [9.17, 15) is 14.7 Å². The van der Waals surface area contributed by atoms with E-state index in [0.717, 1.165) is 0 Å². The zero-order valence-electron chi connectivity index (χ0n) is 9.47. The van der Waals surface area contributed by atoms with Crippen LogP contribution in [-0.2, 0) is 9.53 Å². The fourth-order valence-corrected chi connectivity index (χ4v) is 1.89. The third kappa shape index (κ3) is 2.63. The molecule has 0 spiro atoms. The molecule has 0 bridgehead atoms. The standard InChI is InChI=1S/C10H17NO5/c1-7(2)16-10(8(12)13)3-5-11(6-4-10)9(14)15/h7H,3-6H2,1-2H3,(H,12,13)(H,14,15). The van der Waals surface area contributed by atoms with Crippen LogP contribution in [0, 0.1) is 0 Å². The maximum absolute atomic E-state index is 11.2. The molecule has 1 amide bonds. The second kappa shape index (κ2) is 4.69. The van der Waals surface area contributed by atoms with Crippen molar-refractivity contribution >= 4 is 12.1 Å². The molecule has 6 heteroatoms. The first-order chi connectivity index (χ1) is 7.37. The van der Waals surface area contributed by atoms with E-state index in [0.29, 0.717) is 0 Å². The molecule has 0 atom stereocenters. The molecule has 0 saturated carbocycles. The lowest BCUT2D eigenvalue weighted by Crippen LogP contribution is -2.53. The first-order valence-electron chi connectivity index (χ1n) is 5.26. The van der Waals surface area contributed by atoms with Crippen LogP contribution in [-0.4, -0.2) is 52.0 Å². The molecule has 1 saturated heterocycles. The number of carboxylic acids is 1. The lowest BCUT2D eigenvalue weighted by Gasteiger charge is -2.38. The fraction of sp³-hybridized carbons (Fsp3) is 0.800. The zero-order chi connectivity index (χ0) is 12.3. The number of hydrogen-bond donors (Lipinski definition) is 2. The highest BCUT2D eigenvalue weighted by molar-refractivity contribution is 5.78. The van der Waals surface area contributed by atoms with Gasteiger partial charge in [-0.1, -0.05) is 0 Å². The van der Waals surface area contributed by atoms with Crippen LogP contribution in [0.5, 0.6) is 0 Å². The maximum atomic E-state index is 11.2. The van der Waals surface area contributed by atoms with Crippen LogP contribution in [0.25, 0.3) is 0 Å². The number of amides is 1. The Kier molecular flexibility index (Phi) is 3.74. The Labute approximate surface area is 93.8 Å². The third-order valence-corrected chi connectivity index (χ3v) is 2.69. The molecule has 1 aliphatic heterocycles. The first-order valence-corrected chi connectivity index (χ1v) is 5.26. The van der Waals surface area contributed by atoms with E-state index in [2.05, 4.69) is 0 Å². The van der Waals surface area contributed by atoms with Crippen LogP contribution in [0.1, 0.15) is 26.7 Å². The van der Waals surface area contributed by atoms with Gasteiger partial charge >= 0.3 is 12.1 Å². The summed E-state index contributed by atoms with van der Waals surface area (Å²) in [6, 6.07) is 0. The number of rotatable bonds is 3. The SMILES string of the molecule is CC(C)OC1(C(=O)O)CCN(C(=O)O)CC1. The van der Waals surface area contributed by atoms with Crippen LogP contribution in [0.3, 0.4) is 0 Å². The number of aliphatic carboxylic acids is 1. The number of likely N-dealkylation sites (tertiary alicyclic amines) is 1. The predicted octanol–water partition coefficient (Wildman–Crippen LogP) is 1.01. The van der Waals surface area contributed by atoms with Crippen molar-refractivity contribution in [2.75, 3.05) is 13.1 Å². The Morgan fingerprint density at radius 2 is 1.75 bits per heavy atom. The van der Waals surface area contributed by atoms with Gasteiger partial charge in [0.25, 0.3) is 0 Å². The van der Waals surface area contributed by atoms with Crippen molar-refractivity contribution in [1.29, 1.82) is 0 Å². The van der Waals surface area contributed by atoms with Gasteiger partial charge in [0.2, 0.25) is 0 Å². The summed E-state index contributed by atoms with van der Waals surface area (Å²) in [5.74, 6) is -1.01. The monoisotopic (exact) mass is 231 g/mol. The number of piperidine rings is 1. The molecular formula is C10H17NO5. The molecule has 0 aliphatic carbocycles. The number of carboxylic acid groups (broad SMARTS) is 2. The van der Waals surface area contributed by atoms with Crippen molar-refractivity contribution in [2.45, 2.75) is 38.4 Å². The van der Waals surface area contributed by atoms with Gasteiger partial charge in [-0.3, -0.25) is 0 Å². The Balaban J connectivity index is 2.70. The smallest absolute Gasteiger partial charge is 0.407 e. The van der Waals surface area contributed by atoms with E-state index in [-0.39, 0.29) is 32.0 Å². The van der Waals surface area contributed by atoms with Crippen LogP contribution >= 0.6 is 0 Å². The van der Waals surface area contributed by atoms with Gasteiger partial charge in [0.1, 0.15) is 0 Å². The molecule has 92 valence electrons. The molecule has 0 aromatic heterocycles. The minimum absolute atomic E-state index is 0.188. The molecule has 16 heavy (non-hydrogen) atoms. The highest BCUT2D eigenvalue weighted by atomic mass is 16.5. The van der Waals surface area contributed by atoms with E-state index >= 15 is 0 Å². The van der Waals surface area contributed by atoms with Crippen LogP contribution < -0.4 is 0 Å². The normalized spacial score (nSPS) is 19.8. The average molecular weight is 231 g/mol. The molecule has 1 fully saturated rings. The third-order valence-electron chi connectivity index (χ3n) is 2.69. The van der Waals surface area contributed by atoms with Gasteiger partial charge in [-0.2, -0.15) is 0 Å². The summed E-state index contributed by atoms with van der Waals surface area (Å²) in [5, 5.41) is 17.9. The largest absolute Gasteiger partial charge is 0.479 e. The van der Waals surface area contributed by atoms with Crippen molar-refractivity contribution in [3.63, 3.8) is 0 Å². The van der Waals surface area contributed by atoms with Crippen LogP contribution in [0.4, 0.5) is 4.79 Å². The molecule has 1 aliphatic rings. The van der Waals surface area contributed by atoms with E-state index in [4.69, 9.17) is 9.84 Å². The predicted molar refractivity (Wildman–Crippen MR) is 55.4 cm³/mol. The first kappa shape index (κ1) is 12.8. The van der Waals surface area contributed by atoms with Gasteiger partial charge in [-0.25, -0.2) is 9.59 Å². The van der Waals surface area contributed by atoms with E-state index < -0.39 is 17.7 Å². The maximum Gasteiger partial charge on any atom is 0.407 e. The number of hydrogen-bond acceptors (Lipinski definition) is 3. The Morgan fingerprint density at radius 1 is 1.25 bits per heavy atom. The summed E-state index contributed by atoms with van der Waals surface area (Å²) >= 11 is 0. The van der Waals surface area contributed by atoms with Gasteiger partial charge in [-0.05, 0) is 13.8 Å². The Bertz CT molecular complexity index is 281. The van der Waals surface area contributed by atoms with Crippen LogP contribution in [0.2, 0.25) is 0 Å². The van der Waals surface area contributed by atoms with Gasteiger partial charge < -0.3 is 19.8 Å². The van der Waals surface area contributed by atoms with Crippen molar-refractivity contribution in [3.8, 4) is 0 Å². The summed E-state index contributed by atoms with van der Waals surface area (Å²) in [6.45, 7) is 3.95. The molecule has 1 rings (SSSR count). The lowest BCUT2D eigenvalue weighted by atomic mass is 9.91. The number of carbonyl (C=O) groups is 2. The average Bonchev–Trinajstić information content (AvgIpc) is 2.17. The van der Waals surface area contributed by atoms with Crippen molar-refractivity contribution in [2.24, 2.45) is 0 Å². The van der Waals surface area contributed by atoms with Gasteiger partial charge in [-0.15, -0.1) is 0 Å². The minimum Gasteiger partial charge on any atom is -0.479 e. The minimum atomic E-state index is -1.22. The lowest BCUT2D eigenvalue weighted by molar-refractivity contribution is -0.179. The van der Waals surface area contributed by atoms with E-state index in [1.807, 2.05) is 0 Å². The summed E-state index contributed by atoms with van der Waals surface area (Å²) in [5.41, 5.74) is -1.22. The van der Waals surface area contributed by atoms with Gasteiger partial charge in [0, 0.05) is 25.9 Å². The summed E-state index contributed by atoms with van der Waals surface area (Å²) in [4.78, 5) is 23.1. The Hall–Kier alpha value is -1.30. The topological polar surface area (TPSA) is 87.1 Å². The van der Waals surface area contributed by atoms with Crippen LogP contribution in [0.15, 0.2) is 0 Å². The highest BCUT2D eigenvalue weighted by Gasteiger charge is 2.44. The number of nitrogens with zero attached hydrogens (tertiary/aromatic N) is 1. The summed E-state index contributed by atoms with van der Waals surface area (Å²) < 4.78 is 5.45. The van der Waals surface area contributed by atoms with Crippen molar-refractivity contribution < 1.29 is 24.5 Å². The Morgan fingerprint density at radius 3 is 2.06 bits per heavy atom. The number of ether oxygens (including phenoxy) is 1. The summed E-state index contributed by atoms with van der Waals surface area (Å²) in [6.07, 6.45) is -0.796. The van der Waals surface area contributed by atoms with Gasteiger partial charge in [0.15, 0.2) is 5.60 Å². The van der Waals surface area contributed by atoms with E-state index in [1.165, 1.54) is 4.90 Å². The molecule has 6 nitrogen and oxygen atoms in total. The van der Waals surface area contributed by atoms with Crippen molar-refractivity contribution in [1.82, 2.24) is 4.90 Å². The van der Waals surface area contributed by atoms with E-state index in [1.54, 1.807) is 13.8 Å². The molecule has 0 unspecified atom stereocenters. The second-order valence-electron chi connectivity index (χ2n) is 4.24. The molecule has 0 aromatic carbocycles. The van der Waals surface area contributed by atoms with Crippen molar-refractivity contribution in [3.05, 3.63) is 0 Å². The quantitative estimate of drug-likeness (QED) is 0.756. The molecule has 0 radical (unpaired) electrons. The fourth-order valence-electron chi connectivity index (χ4n) is 1.89. The molecule has 2 N–H and O–H groups in total. The highest BCUT2D eigenvalue weighted by Crippen LogP contribution is 2.28. The molecular weight excluding hydrogens is 214 g/mol. The molecule has 0 aromatic rings. The summed E-state index contributed by atoms with van der Waals surface area (Å²) in [7, 11) is 0. The zero-order valence-corrected chi connectivity index (χ0v) is 9.47.